The van der Waals surface area contributed by atoms with E-state index in [1.54, 1.807) is 0 Å². The van der Waals surface area contributed by atoms with E-state index in [4.69, 9.17) is 14.6 Å². The van der Waals surface area contributed by atoms with Crippen LogP contribution in [0.15, 0.2) is 58.8 Å². The van der Waals surface area contributed by atoms with Gasteiger partial charge in [-0.15, -0.1) is 0 Å². The van der Waals surface area contributed by atoms with Crippen molar-refractivity contribution in [2.75, 3.05) is 47.0 Å². The molecule has 6 heteroatoms. The van der Waals surface area contributed by atoms with Crippen LogP contribution in [0.3, 0.4) is 0 Å². The third-order valence-corrected chi connectivity index (χ3v) is 6.85. The highest BCUT2D eigenvalue weighted by Gasteiger charge is 2.12. The number of hydrogen-bond acceptors (Lipinski definition) is 5. The Kier molecular flexibility index (Phi) is 16.4. The molecule has 0 saturated carbocycles. The van der Waals surface area contributed by atoms with E-state index >= 15 is 0 Å². The van der Waals surface area contributed by atoms with Crippen molar-refractivity contribution in [1.82, 2.24) is 0 Å². The van der Waals surface area contributed by atoms with E-state index < -0.39 is 0 Å². The summed E-state index contributed by atoms with van der Waals surface area (Å²) in [6, 6.07) is 15.6. The third-order valence-electron chi connectivity index (χ3n) is 6.85. The Morgan fingerprint density at radius 1 is 0.579 bits per heavy atom. The average Bonchev–Trinajstić information content (AvgIpc) is 2.91. The van der Waals surface area contributed by atoms with Gasteiger partial charge in [-0.05, 0) is 74.2 Å². The summed E-state index contributed by atoms with van der Waals surface area (Å²) < 4.78 is 12.6. The minimum atomic E-state index is 0.277. The zero-order valence-corrected chi connectivity index (χ0v) is 24.2. The number of quaternary nitrogens is 1. The Bertz CT molecular complexity index is 867. The van der Waals surface area contributed by atoms with E-state index in [9.17, 15) is 0 Å². The summed E-state index contributed by atoms with van der Waals surface area (Å²) in [6.45, 7) is 6.02. The van der Waals surface area contributed by atoms with E-state index in [-0.39, 0.29) is 6.61 Å². The monoisotopic (exact) mass is 526 g/mol. The predicted octanol–water partition coefficient (Wildman–Crippen LogP) is 8.63. The number of ether oxygens (including phenoxy) is 2. The summed E-state index contributed by atoms with van der Waals surface area (Å²) in [7, 11) is 4.40. The van der Waals surface area contributed by atoms with Crippen molar-refractivity contribution in [3.8, 4) is 11.5 Å². The molecule has 1 N–H and O–H groups in total. The molecule has 0 aliphatic carbocycles. The van der Waals surface area contributed by atoms with E-state index in [0.29, 0.717) is 0 Å². The molecule has 0 fully saturated rings. The van der Waals surface area contributed by atoms with E-state index in [2.05, 4.69) is 31.2 Å². The largest absolute Gasteiger partial charge is 0.494 e. The molecule has 2 aromatic carbocycles. The molecule has 0 spiro atoms. The molecular formula is C32H52N3O3+. The van der Waals surface area contributed by atoms with Crippen LogP contribution >= 0.6 is 0 Å². The number of benzene rings is 2. The second-order valence-corrected chi connectivity index (χ2v) is 10.9. The highest BCUT2D eigenvalue weighted by Crippen LogP contribution is 2.23. The lowest BCUT2D eigenvalue weighted by Gasteiger charge is -2.28. The van der Waals surface area contributed by atoms with Crippen LogP contribution < -0.4 is 9.47 Å². The molecule has 0 saturated heterocycles. The van der Waals surface area contributed by atoms with Crippen LogP contribution in [0, 0.1) is 0 Å². The molecule has 0 bridgehead atoms. The fourth-order valence-corrected chi connectivity index (χ4v) is 4.33. The van der Waals surface area contributed by atoms with Crippen molar-refractivity contribution >= 4 is 11.4 Å². The van der Waals surface area contributed by atoms with Crippen molar-refractivity contribution in [3.05, 3.63) is 48.5 Å². The minimum Gasteiger partial charge on any atom is -0.494 e. The van der Waals surface area contributed by atoms with Crippen LogP contribution in [0.2, 0.25) is 0 Å². The van der Waals surface area contributed by atoms with Crippen LogP contribution in [-0.2, 0) is 0 Å². The Hall–Kier alpha value is -2.44. The van der Waals surface area contributed by atoms with Gasteiger partial charge in [0.15, 0.2) is 0 Å². The lowest BCUT2D eigenvalue weighted by atomic mass is 10.1. The third kappa shape index (κ3) is 15.1. The number of unbranched alkanes of at least 4 members (excludes halogenated alkanes) is 10. The number of likely N-dealkylation sites (N-methyl/N-ethyl adjacent to an activating group) is 1. The SMILES string of the molecule is CCCCCCOc1ccc(N=Nc2ccc(OCCCCCCCCCC[N+](C)(C)CCO)cc2)cc1. The Morgan fingerprint density at radius 3 is 1.45 bits per heavy atom. The van der Waals surface area contributed by atoms with Gasteiger partial charge in [-0.3, -0.25) is 0 Å². The summed E-state index contributed by atoms with van der Waals surface area (Å²) in [5, 5.41) is 17.8. The molecule has 0 aliphatic rings. The zero-order valence-electron chi connectivity index (χ0n) is 24.2. The van der Waals surface area contributed by atoms with Gasteiger partial charge in [0, 0.05) is 0 Å². The number of hydrogen-bond donors (Lipinski definition) is 1. The molecule has 2 rings (SSSR count). The molecule has 0 heterocycles. The van der Waals surface area contributed by atoms with Crippen LogP contribution in [0.4, 0.5) is 11.4 Å². The van der Waals surface area contributed by atoms with Gasteiger partial charge in [-0.1, -0.05) is 58.3 Å². The molecule has 0 amide bonds. The highest BCUT2D eigenvalue weighted by molar-refractivity contribution is 5.44. The van der Waals surface area contributed by atoms with Crippen LogP contribution in [0.1, 0.15) is 84.0 Å². The highest BCUT2D eigenvalue weighted by atomic mass is 16.5. The molecule has 212 valence electrons. The van der Waals surface area contributed by atoms with Gasteiger partial charge in [0.05, 0.1) is 51.8 Å². The van der Waals surface area contributed by atoms with Gasteiger partial charge in [0.25, 0.3) is 0 Å². The summed E-state index contributed by atoms with van der Waals surface area (Å²) in [5.41, 5.74) is 1.62. The first-order valence-electron chi connectivity index (χ1n) is 14.8. The molecule has 0 radical (unpaired) electrons. The van der Waals surface area contributed by atoms with E-state index in [0.717, 1.165) is 66.5 Å². The van der Waals surface area contributed by atoms with Crippen molar-refractivity contribution in [3.63, 3.8) is 0 Å². The van der Waals surface area contributed by atoms with Gasteiger partial charge in [0.1, 0.15) is 18.0 Å². The van der Waals surface area contributed by atoms with Crippen molar-refractivity contribution in [2.45, 2.75) is 84.0 Å². The zero-order chi connectivity index (χ0) is 27.3. The quantitative estimate of drug-likeness (QED) is 0.0948. The maximum atomic E-state index is 9.10. The lowest BCUT2D eigenvalue weighted by Crippen LogP contribution is -2.42. The van der Waals surface area contributed by atoms with Gasteiger partial charge < -0.3 is 19.1 Å². The molecule has 2 aromatic rings. The van der Waals surface area contributed by atoms with E-state index in [1.807, 2.05) is 48.5 Å². The first-order chi connectivity index (χ1) is 18.5. The van der Waals surface area contributed by atoms with Crippen molar-refractivity contribution in [2.24, 2.45) is 10.2 Å². The summed E-state index contributed by atoms with van der Waals surface area (Å²) in [5.74, 6) is 1.76. The standard InChI is InChI=1S/C32H52N3O3/c1-4-5-6-14-27-37-31-20-16-29(17-21-31)33-34-30-18-22-32(23-19-30)38-28-15-12-10-8-7-9-11-13-24-35(2,3)25-26-36/h16-23,36H,4-15,24-28H2,1-3H3/q+1. The van der Waals surface area contributed by atoms with Gasteiger partial charge >= 0.3 is 0 Å². The molecule has 6 nitrogen and oxygen atoms in total. The second kappa shape index (κ2) is 19.6. The molecule has 38 heavy (non-hydrogen) atoms. The lowest BCUT2D eigenvalue weighted by molar-refractivity contribution is -0.890. The van der Waals surface area contributed by atoms with Gasteiger partial charge in [-0.2, -0.15) is 10.2 Å². The van der Waals surface area contributed by atoms with Crippen molar-refractivity contribution in [1.29, 1.82) is 0 Å². The topological polar surface area (TPSA) is 63.4 Å². The molecular weight excluding hydrogens is 474 g/mol. The number of rotatable bonds is 22. The predicted molar refractivity (Wildman–Crippen MR) is 158 cm³/mol. The molecule has 0 aliphatic heterocycles. The van der Waals surface area contributed by atoms with E-state index in [1.165, 1.54) is 64.2 Å². The Morgan fingerprint density at radius 2 is 1.00 bits per heavy atom. The van der Waals surface area contributed by atoms with Gasteiger partial charge in [0.2, 0.25) is 0 Å². The first kappa shape index (κ1) is 31.8. The summed E-state index contributed by atoms with van der Waals surface area (Å²) in [4.78, 5) is 0. The van der Waals surface area contributed by atoms with Crippen LogP contribution in [0.5, 0.6) is 11.5 Å². The maximum Gasteiger partial charge on any atom is 0.119 e. The first-order valence-corrected chi connectivity index (χ1v) is 14.8. The Labute approximate surface area is 231 Å². The number of aliphatic hydroxyl groups is 1. The minimum absolute atomic E-state index is 0.277. The number of aliphatic hydroxyl groups excluding tert-OH is 1. The smallest absolute Gasteiger partial charge is 0.119 e. The van der Waals surface area contributed by atoms with Crippen LogP contribution in [-0.4, -0.2) is 56.6 Å². The average molecular weight is 527 g/mol. The molecule has 0 unspecified atom stereocenters. The fraction of sp³-hybridized carbons (Fsp3) is 0.625. The Balaban J connectivity index is 1.52. The van der Waals surface area contributed by atoms with Gasteiger partial charge in [-0.25, -0.2) is 0 Å². The molecule has 0 atom stereocenters. The number of azo groups is 1. The summed E-state index contributed by atoms with van der Waals surface area (Å²) >= 11 is 0. The normalized spacial score (nSPS) is 11.8. The van der Waals surface area contributed by atoms with Crippen LogP contribution in [0.25, 0.3) is 0 Å². The second-order valence-electron chi connectivity index (χ2n) is 10.9. The van der Waals surface area contributed by atoms with Crippen molar-refractivity contribution < 1.29 is 19.1 Å². The fourth-order valence-electron chi connectivity index (χ4n) is 4.33. The summed E-state index contributed by atoms with van der Waals surface area (Å²) in [6.07, 6.45) is 14.9. The number of nitrogens with zero attached hydrogens (tertiary/aromatic N) is 3. The maximum absolute atomic E-state index is 9.10. The molecule has 0 aromatic heterocycles.